The van der Waals surface area contributed by atoms with E-state index in [4.69, 9.17) is 24.9 Å². The topological polar surface area (TPSA) is 122 Å². The number of fused-ring (bicyclic) bond motifs is 15. The predicted molar refractivity (Wildman–Crippen MR) is 556 cm³/mol. The Balaban J connectivity index is 0.000000117. The zero-order valence-electron chi connectivity index (χ0n) is 76.6. The van der Waals surface area contributed by atoms with Gasteiger partial charge in [-0.2, -0.15) is 24.3 Å². The van der Waals surface area contributed by atoms with Crippen LogP contribution in [0.5, 0.6) is 0 Å². The number of rotatable bonds is 11. The van der Waals surface area contributed by atoms with Crippen LogP contribution in [-0.4, -0.2) is 71.0 Å². The van der Waals surface area contributed by atoms with E-state index in [1.54, 1.807) is 0 Å². The fraction of sp³-hybridized carbons (Fsp3) is 0.0579. The first-order valence-corrected chi connectivity index (χ1v) is 45.5. The molecule has 0 aliphatic rings. The van der Waals surface area contributed by atoms with E-state index in [1.807, 2.05) is 92.8 Å². The van der Waals surface area contributed by atoms with Crippen molar-refractivity contribution in [1.82, 2.24) is 71.0 Å². The molecule has 0 N–H and O–H groups in total. The van der Waals surface area contributed by atoms with Gasteiger partial charge >= 0.3 is 63.2 Å². The Morgan fingerprint density at radius 2 is 0.547 bits per heavy atom. The van der Waals surface area contributed by atoms with Gasteiger partial charge in [0.15, 0.2) is 0 Å². The third kappa shape index (κ3) is 15.9. The smallest absolute Gasteiger partial charge is 0.367 e. The molecule has 0 saturated carbocycles. The molecular weight excluding hydrogens is 2250 g/mol. The van der Waals surface area contributed by atoms with E-state index in [0.717, 1.165) is 196 Å². The first-order valence-electron chi connectivity index (χ1n) is 45.5. The van der Waals surface area contributed by atoms with Crippen molar-refractivity contribution >= 4 is 132 Å². The molecule has 0 atom stereocenters. The van der Waals surface area contributed by atoms with Gasteiger partial charge in [0.2, 0.25) is 0 Å². The summed E-state index contributed by atoms with van der Waals surface area (Å²) in [5.41, 5.74) is 33.6. The molecule has 27 aromatic rings. The van der Waals surface area contributed by atoms with Crippen molar-refractivity contribution in [2.75, 3.05) is 0 Å². The molecule has 0 aliphatic heterocycles. The molecule has 0 aliphatic carbocycles. The van der Waals surface area contributed by atoms with Gasteiger partial charge in [-0.1, -0.05) is 228 Å². The van der Waals surface area contributed by atoms with Crippen LogP contribution in [0.3, 0.4) is 0 Å². The molecule has 0 amide bonds. The molecule has 27 rings (SSSR count). The quantitative estimate of drug-likeness (QED) is 0.119. The number of para-hydroxylation sites is 11. The molecule has 139 heavy (non-hydrogen) atoms. The maximum atomic E-state index is 5.14. The van der Waals surface area contributed by atoms with E-state index >= 15 is 0 Å². The van der Waals surface area contributed by atoms with Gasteiger partial charge in [-0.05, 0) is 164 Å². The third-order valence-electron chi connectivity index (χ3n) is 26.5. The molecule has 0 bridgehead atoms. The van der Waals surface area contributed by atoms with Crippen molar-refractivity contribution in [3.63, 3.8) is 0 Å². The van der Waals surface area contributed by atoms with Crippen LogP contribution < -0.4 is 0 Å². The summed E-state index contributed by atoms with van der Waals surface area (Å²) in [7, 11) is 12.4. The Kier molecular flexibility index (Phi) is 24.1. The van der Waals surface area contributed by atoms with Gasteiger partial charge in [-0.15, -0.1) is 137 Å². The Morgan fingerprint density at radius 1 is 0.209 bits per heavy atom. The minimum Gasteiger partial charge on any atom is -0.367 e. The summed E-state index contributed by atoms with van der Waals surface area (Å²) in [5, 5.41) is 7.01. The van der Waals surface area contributed by atoms with E-state index in [1.165, 1.54) is 49.3 Å². The molecule has 674 valence electrons. The van der Waals surface area contributed by atoms with Crippen LogP contribution >= 0.6 is 0 Å². The zero-order valence-corrected chi connectivity index (χ0v) is 83.4. The molecule has 18 heteroatoms. The summed E-state index contributed by atoms with van der Waals surface area (Å²) in [5.74, 6) is 5.50. The van der Waals surface area contributed by atoms with E-state index in [9.17, 15) is 0 Å². The largest absolute Gasteiger partial charge is 2.00 e. The predicted octanol–water partition coefficient (Wildman–Crippen LogP) is 27.8. The molecule has 18 aromatic carbocycles. The SMILES string of the molecule is Cc1nc2ccccc2n1C.Cn1c(-c2[c-]c(-n3c4[c-]c(-c5nc6cc(-c7ccccc7)ccc6n5C)ccc4c4ccccc43)ccc2)nc2ccccc21.Cn1c(-c2[c-]c(-n3c4[c-]c(-c5nc6ccc(-c7ccccc7)cc6n5C)ccc4c4ccccc43)ccc2)nc2ccccc21.Cn1c(-c2[c-]c3c(cc2)c2ccccc2n3-c2[c-]cccc2)nc2c(-c3ccccc3)cccc21.[Pt+2].[Pt+2].[Pt+2]. The van der Waals surface area contributed by atoms with Gasteiger partial charge in [0, 0.05) is 64.4 Å². The van der Waals surface area contributed by atoms with Crippen LogP contribution in [0, 0.1) is 43.3 Å². The van der Waals surface area contributed by atoms with Gasteiger partial charge in [0.05, 0.1) is 95.3 Å². The summed E-state index contributed by atoms with van der Waals surface area (Å²) >= 11 is 0. The van der Waals surface area contributed by atoms with Gasteiger partial charge in [-0.3, -0.25) is 24.9 Å². The van der Waals surface area contributed by atoms with Crippen LogP contribution in [0.4, 0.5) is 0 Å². The van der Waals surface area contributed by atoms with E-state index in [0.29, 0.717) is 0 Å². The number of nitrogens with zero attached hydrogens (tertiary/aromatic N) is 15. The number of aryl methyl sites for hydroxylation is 7. The van der Waals surface area contributed by atoms with Crippen molar-refractivity contribution in [2.45, 2.75) is 6.92 Å². The molecule has 9 aromatic heterocycles. The fourth-order valence-electron chi connectivity index (χ4n) is 19.6. The summed E-state index contributed by atoms with van der Waals surface area (Å²) in [6.07, 6.45) is 0. The maximum absolute atomic E-state index is 5.14. The number of hydrogen-bond acceptors (Lipinski definition) is 6. The van der Waals surface area contributed by atoms with Gasteiger partial charge in [-0.25, -0.2) is 4.98 Å². The molecule has 9 heterocycles. The molecule has 0 spiro atoms. The van der Waals surface area contributed by atoms with Crippen LogP contribution in [0.2, 0.25) is 0 Å². The first kappa shape index (κ1) is 89.8. The fourth-order valence-corrected chi connectivity index (χ4v) is 19.6. The van der Waals surface area contributed by atoms with Gasteiger partial charge < -0.3 is 41.1 Å². The van der Waals surface area contributed by atoms with E-state index in [2.05, 4.69) is 427 Å². The minimum atomic E-state index is 0. The average molecular weight is 2330 g/mol. The number of imidazole rings is 6. The average Bonchev–Trinajstić information content (AvgIpc) is 1.59. The maximum Gasteiger partial charge on any atom is 2.00 e. The van der Waals surface area contributed by atoms with Crippen LogP contribution in [0.1, 0.15) is 5.82 Å². The molecule has 0 saturated heterocycles. The number of benzene rings is 18. The Morgan fingerprint density at radius 3 is 1.01 bits per heavy atom. The summed E-state index contributed by atoms with van der Waals surface area (Å²) in [6, 6.07) is 157. The van der Waals surface area contributed by atoms with Crippen molar-refractivity contribution < 1.29 is 63.2 Å². The summed E-state index contributed by atoms with van der Waals surface area (Å²) < 4.78 is 19.6. The van der Waals surface area contributed by atoms with Crippen molar-refractivity contribution in [3.05, 3.63) is 430 Å². The second-order valence-electron chi connectivity index (χ2n) is 34.4. The summed E-state index contributed by atoms with van der Waals surface area (Å²) in [4.78, 5) is 29.6. The monoisotopic (exact) mass is 2330 g/mol. The second-order valence-corrected chi connectivity index (χ2v) is 34.4. The Bertz CT molecular complexity index is 9110. The molecule has 0 unspecified atom stereocenters. The minimum absolute atomic E-state index is 0. The summed E-state index contributed by atoms with van der Waals surface area (Å²) in [6.45, 7) is 2.01. The van der Waals surface area contributed by atoms with E-state index in [-0.39, 0.29) is 63.2 Å². The molecular formula is C121H85N15Pt3. The normalized spacial score (nSPS) is 11.4. The first-order chi connectivity index (χ1) is 66.9. The second kappa shape index (κ2) is 37.4. The van der Waals surface area contributed by atoms with Crippen LogP contribution in [0.15, 0.2) is 388 Å². The van der Waals surface area contributed by atoms with Crippen molar-refractivity contribution in [3.8, 4) is 107 Å². The Labute approximate surface area is 845 Å². The molecule has 0 radical (unpaired) electrons. The zero-order chi connectivity index (χ0) is 91.3. The van der Waals surface area contributed by atoms with Crippen molar-refractivity contribution in [2.24, 2.45) is 42.3 Å². The van der Waals surface area contributed by atoms with Crippen LogP contribution in [0.25, 0.3) is 239 Å². The Hall–Kier alpha value is -15.8. The van der Waals surface area contributed by atoms with Gasteiger partial charge in [0.1, 0.15) is 5.82 Å². The third-order valence-corrected chi connectivity index (χ3v) is 26.5. The van der Waals surface area contributed by atoms with Gasteiger partial charge in [0.25, 0.3) is 0 Å². The number of hydrogen-bond donors (Lipinski definition) is 0. The van der Waals surface area contributed by atoms with E-state index < -0.39 is 0 Å². The van der Waals surface area contributed by atoms with Crippen molar-refractivity contribution in [1.29, 1.82) is 0 Å². The molecule has 0 fully saturated rings. The van der Waals surface area contributed by atoms with Crippen LogP contribution in [-0.2, 0) is 105 Å². The standard InChI is InChI=1S/2C40H27N5.C32H21N3.C9H10N2.3Pt/c1-43-36-18-9-7-16-33(36)41-39(43)28-13-10-14-30(23-28)45-35-17-8-6-15-31(35)32-21-19-29(25-38(32)45)40-42-34-24-27(20-22-37(34)44(40)2)26-11-4-3-5-12-26;1-43-36-18-9-7-16-33(36)41-39(43)28-13-10-14-30(23-28)45-35-17-8-6-15-31(35)32-21-19-29(25-37(32)45)40-42-34-22-20-27(24-38(34)44(40)2)26-11-4-3-5-12-26;1-34-29-18-10-16-25(22-11-4-2-5-12-22)31(29)33-32(34)23-19-20-27-26-15-8-9-17-28(26)35(30(27)21-23)24-13-6-3-7-14-24;1-7-10-8-5-3-4-6-9(8)11(7)2;;;/h2*3-22,24H,1-2H3;2-13,15-20H,1H3;3-6H,1-2H3;;;/q3*-2;;3*+2. The molecule has 15 nitrogen and oxygen atoms in total. The number of aromatic nitrogens is 15.